The summed E-state index contributed by atoms with van der Waals surface area (Å²) in [5.41, 5.74) is -0.725. The van der Waals surface area contributed by atoms with E-state index >= 15 is 0 Å². The van der Waals surface area contributed by atoms with Crippen LogP contribution in [-0.2, 0) is 0 Å². The Hall–Kier alpha value is -2.87. The second-order valence-corrected chi connectivity index (χ2v) is 3.99. The van der Waals surface area contributed by atoms with Crippen LogP contribution >= 0.6 is 15.9 Å². The molecule has 0 heterocycles. The van der Waals surface area contributed by atoms with Crippen molar-refractivity contribution in [1.82, 2.24) is 0 Å². The molecule has 0 aliphatic rings. The van der Waals surface area contributed by atoms with E-state index in [4.69, 9.17) is 21.0 Å². The van der Waals surface area contributed by atoms with Crippen molar-refractivity contribution in [2.45, 2.75) is 0 Å². The van der Waals surface area contributed by atoms with Crippen LogP contribution in [-0.4, -0.2) is 0 Å². The van der Waals surface area contributed by atoms with Crippen LogP contribution in [0.3, 0.4) is 0 Å². The molecule has 0 radical (unpaired) electrons. The number of rotatable bonds is 2. The molecule has 0 bridgehead atoms. The van der Waals surface area contributed by atoms with Crippen molar-refractivity contribution in [2.24, 2.45) is 0 Å². The van der Waals surface area contributed by atoms with Crippen molar-refractivity contribution in [3.63, 3.8) is 0 Å². The minimum atomic E-state index is -0.644. The number of nitrogens with one attached hydrogen (secondary N) is 1. The molecule has 1 aromatic carbocycles. The molecular weight excluding hydrogens is 313 g/mol. The minimum Gasteiger partial charge on any atom is -0.344 e. The zero-order chi connectivity index (χ0) is 14.4. The molecule has 0 atom stereocenters. The fraction of sp³-hybridized carbons (Fsp3) is 0. The smallest absolute Gasteiger partial charge is 0.163 e. The normalized spacial score (nSPS) is 8.32. The van der Waals surface area contributed by atoms with E-state index in [1.54, 1.807) is 6.07 Å². The summed E-state index contributed by atoms with van der Waals surface area (Å²) in [6, 6.07) is 8.72. The highest BCUT2D eigenvalue weighted by atomic mass is 79.9. The molecule has 5 nitrogen and oxygen atoms in total. The van der Waals surface area contributed by atoms with Gasteiger partial charge in [-0.2, -0.15) is 21.0 Å². The molecule has 0 aliphatic carbocycles. The van der Waals surface area contributed by atoms with E-state index in [0.29, 0.717) is 0 Å². The van der Waals surface area contributed by atoms with E-state index in [1.165, 1.54) is 18.2 Å². The van der Waals surface area contributed by atoms with Crippen LogP contribution in [0.1, 0.15) is 5.56 Å². The van der Waals surface area contributed by atoms with E-state index < -0.39 is 11.4 Å². The van der Waals surface area contributed by atoms with Crippen LogP contribution in [0.4, 0.5) is 10.1 Å². The molecule has 0 saturated carbocycles. The van der Waals surface area contributed by atoms with E-state index in [-0.39, 0.29) is 21.4 Å². The Kier molecular flexibility index (Phi) is 4.61. The number of benzene rings is 1. The van der Waals surface area contributed by atoms with Crippen molar-refractivity contribution in [3.05, 3.63) is 39.3 Å². The standard InChI is InChI=1S/C12H3BrFN5/c13-9-1-7(3-15)11(2-10(9)14)19-12(6-18)8(4-16)5-17/h1-2,19H. The second-order valence-electron chi connectivity index (χ2n) is 3.13. The fourth-order valence-electron chi connectivity index (χ4n) is 1.16. The van der Waals surface area contributed by atoms with E-state index in [1.807, 2.05) is 6.07 Å². The first-order valence-corrected chi connectivity index (χ1v) is 5.47. The third-order valence-corrected chi connectivity index (χ3v) is 2.63. The highest BCUT2D eigenvalue weighted by molar-refractivity contribution is 9.10. The molecule has 1 rings (SSSR count). The quantitative estimate of drug-likeness (QED) is 0.844. The maximum Gasteiger partial charge on any atom is 0.163 e. The molecule has 0 unspecified atom stereocenters. The largest absolute Gasteiger partial charge is 0.344 e. The van der Waals surface area contributed by atoms with Gasteiger partial charge in [-0.25, -0.2) is 4.39 Å². The third kappa shape index (κ3) is 3.07. The zero-order valence-electron chi connectivity index (χ0n) is 9.20. The third-order valence-electron chi connectivity index (χ3n) is 2.03. The lowest BCUT2D eigenvalue weighted by Crippen LogP contribution is -2.03. The average Bonchev–Trinajstić information content (AvgIpc) is 2.42. The summed E-state index contributed by atoms with van der Waals surface area (Å²) in [7, 11) is 0. The lowest BCUT2D eigenvalue weighted by atomic mass is 10.1. The van der Waals surface area contributed by atoms with Gasteiger partial charge in [0.15, 0.2) is 5.57 Å². The lowest BCUT2D eigenvalue weighted by Gasteiger charge is -2.07. The molecule has 0 aliphatic heterocycles. The summed E-state index contributed by atoms with van der Waals surface area (Å²) in [6.45, 7) is 0. The number of hydrogen-bond acceptors (Lipinski definition) is 5. The van der Waals surface area contributed by atoms with Crippen molar-refractivity contribution >= 4 is 21.6 Å². The number of nitrogens with zero attached hydrogens (tertiary/aromatic N) is 4. The topological polar surface area (TPSA) is 107 Å². The van der Waals surface area contributed by atoms with E-state index in [2.05, 4.69) is 21.2 Å². The maximum absolute atomic E-state index is 13.4. The summed E-state index contributed by atoms with van der Waals surface area (Å²) < 4.78 is 13.5. The molecular formula is C12H3BrFN5. The van der Waals surface area contributed by atoms with Crippen LogP contribution in [0.15, 0.2) is 27.9 Å². The summed E-state index contributed by atoms with van der Waals surface area (Å²) in [5.74, 6) is -0.644. The molecule has 0 amide bonds. The predicted octanol–water partition coefficient (Wildman–Crippen LogP) is 2.70. The van der Waals surface area contributed by atoms with Crippen LogP contribution in [0.25, 0.3) is 0 Å². The molecule has 19 heavy (non-hydrogen) atoms. The van der Waals surface area contributed by atoms with E-state index in [9.17, 15) is 4.39 Å². The number of anilines is 1. The average molecular weight is 316 g/mol. The van der Waals surface area contributed by atoms with Crippen molar-refractivity contribution in [2.75, 3.05) is 5.32 Å². The Bertz CT molecular complexity index is 709. The van der Waals surface area contributed by atoms with E-state index in [0.717, 1.165) is 6.07 Å². The molecule has 0 fully saturated rings. The van der Waals surface area contributed by atoms with Gasteiger partial charge in [-0.15, -0.1) is 0 Å². The highest BCUT2D eigenvalue weighted by Crippen LogP contribution is 2.25. The molecule has 0 saturated heterocycles. The zero-order valence-corrected chi connectivity index (χ0v) is 10.8. The highest BCUT2D eigenvalue weighted by Gasteiger charge is 2.12. The molecule has 1 N–H and O–H groups in total. The summed E-state index contributed by atoms with van der Waals surface area (Å²) in [6.07, 6.45) is 0. The van der Waals surface area contributed by atoms with Crippen molar-refractivity contribution < 1.29 is 4.39 Å². The van der Waals surface area contributed by atoms with Gasteiger partial charge in [0.25, 0.3) is 0 Å². The Morgan fingerprint density at radius 3 is 2.21 bits per heavy atom. The van der Waals surface area contributed by atoms with Gasteiger partial charge in [0, 0.05) is 0 Å². The van der Waals surface area contributed by atoms with Gasteiger partial charge in [0.05, 0.1) is 15.7 Å². The lowest BCUT2D eigenvalue weighted by molar-refractivity contribution is 0.621. The first-order chi connectivity index (χ1) is 9.07. The summed E-state index contributed by atoms with van der Waals surface area (Å²) >= 11 is 2.92. The number of halogens is 2. The SMILES string of the molecule is N#CC(C#N)=C(C#N)Nc1cc(F)c(Br)cc1C#N. The first-order valence-electron chi connectivity index (χ1n) is 4.68. The minimum absolute atomic E-state index is 0.00255. The maximum atomic E-state index is 13.4. The Morgan fingerprint density at radius 1 is 1.11 bits per heavy atom. The first kappa shape index (κ1) is 14.2. The molecule has 90 valence electrons. The molecule has 1 aromatic rings. The van der Waals surface area contributed by atoms with Gasteiger partial charge in [-0.05, 0) is 28.1 Å². The fourth-order valence-corrected chi connectivity index (χ4v) is 1.50. The van der Waals surface area contributed by atoms with Crippen LogP contribution in [0.2, 0.25) is 0 Å². The van der Waals surface area contributed by atoms with Crippen LogP contribution in [0.5, 0.6) is 0 Å². The summed E-state index contributed by atoms with van der Waals surface area (Å²) in [5, 5.41) is 37.5. The Balaban J connectivity index is 3.37. The summed E-state index contributed by atoms with van der Waals surface area (Å²) in [4.78, 5) is 0. The van der Waals surface area contributed by atoms with Gasteiger partial charge in [-0.1, -0.05) is 0 Å². The molecule has 0 spiro atoms. The number of allylic oxidation sites excluding steroid dienone is 2. The Labute approximate surface area is 116 Å². The van der Waals surface area contributed by atoms with Gasteiger partial charge in [-0.3, -0.25) is 0 Å². The number of hydrogen-bond donors (Lipinski definition) is 1. The molecule has 7 heteroatoms. The molecule has 0 aromatic heterocycles. The number of nitriles is 4. The second kappa shape index (κ2) is 6.17. The monoisotopic (exact) mass is 315 g/mol. The van der Waals surface area contributed by atoms with Gasteiger partial charge in [0.1, 0.15) is 35.8 Å². The van der Waals surface area contributed by atoms with Crippen LogP contribution in [0, 0.1) is 51.1 Å². The van der Waals surface area contributed by atoms with Crippen molar-refractivity contribution in [1.29, 1.82) is 21.0 Å². The predicted molar refractivity (Wildman–Crippen MR) is 66.3 cm³/mol. The van der Waals surface area contributed by atoms with Gasteiger partial charge in [0.2, 0.25) is 0 Å². The van der Waals surface area contributed by atoms with Gasteiger partial charge < -0.3 is 5.32 Å². The van der Waals surface area contributed by atoms with Crippen molar-refractivity contribution in [3.8, 4) is 24.3 Å². The van der Waals surface area contributed by atoms with Crippen LogP contribution < -0.4 is 5.32 Å². The Morgan fingerprint density at radius 2 is 1.74 bits per heavy atom. The van der Waals surface area contributed by atoms with Gasteiger partial charge >= 0.3 is 0 Å².